The van der Waals surface area contributed by atoms with Crippen LogP contribution in [0, 0.1) is 0 Å². The number of carboxylic acids is 1. The van der Waals surface area contributed by atoms with Crippen molar-refractivity contribution >= 4 is 16.7 Å². The standard InChI is InChI=1S/C12H13N.C8H8O2/c1-9(13)11-8-4-6-10-5-2-3-7-12(10)11;9-8(10)6-7-4-2-1-3-5-7/h2-9H,13H2,1H3;1-5H,6H2,(H,9,10)/t9-;/m1./s1. The number of fused-ring (bicyclic) bond motifs is 1. The molecule has 0 aliphatic rings. The Balaban J connectivity index is 0.000000174. The molecule has 0 bridgehead atoms. The predicted octanol–water partition coefficient (Wildman–Crippen LogP) is 2.12. The lowest BCUT2D eigenvalue weighted by Crippen LogP contribution is -2.51. The fourth-order valence-electron chi connectivity index (χ4n) is 2.44. The van der Waals surface area contributed by atoms with Crippen LogP contribution in [0.3, 0.4) is 0 Å². The van der Waals surface area contributed by atoms with Crippen LogP contribution in [0.1, 0.15) is 24.1 Å². The van der Waals surface area contributed by atoms with E-state index < -0.39 is 5.97 Å². The van der Waals surface area contributed by atoms with Gasteiger partial charge >= 0.3 is 0 Å². The highest BCUT2D eigenvalue weighted by molar-refractivity contribution is 5.85. The molecular formula is C20H21NO2. The predicted molar refractivity (Wildman–Crippen MR) is 90.4 cm³/mol. The highest BCUT2D eigenvalue weighted by atomic mass is 16.4. The van der Waals surface area contributed by atoms with Gasteiger partial charge in [-0.3, -0.25) is 0 Å². The lowest BCUT2D eigenvalue weighted by molar-refractivity contribution is -0.420. The number of aliphatic carboxylic acids is 1. The minimum atomic E-state index is -1.04. The molecule has 3 heteroatoms. The minimum absolute atomic E-state index is 0.000833. The van der Waals surface area contributed by atoms with Gasteiger partial charge in [0, 0.05) is 18.0 Å². The van der Waals surface area contributed by atoms with Crippen molar-refractivity contribution in [2.75, 3.05) is 0 Å². The Morgan fingerprint density at radius 3 is 2.22 bits per heavy atom. The average Bonchev–Trinajstić information content (AvgIpc) is 2.55. The topological polar surface area (TPSA) is 67.8 Å². The number of rotatable bonds is 3. The Bertz CT molecular complexity index is 761. The van der Waals surface area contributed by atoms with Crippen LogP contribution in [0.2, 0.25) is 0 Å². The Morgan fingerprint density at radius 2 is 1.57 bits per heavy atom. The number of carbonyl (C=O) groups excluding carboxylic acids is 1. The van der Waals surface area contributed by atoms with E-state index in [1.54, 1.807) is 24.3 Å². The quantitative estimate of drug-likeness (QED) is 0.805. The van der Waals surface area contributed by atoms with Gasteiger partial charge in [0.15, 0.2) is 0 Å². The molecule has 0 spiro atoms. The van der Waals surface area contributed by atoms with Crippen molar-refractivity contribution in [2.24, 2.45) is 0 Å². The highest BCUT2D eigenvalue weighted by Crippen LogP contribution is 2.21. The molecule has 0 fully saturated rings. The van der Waals surface area contributed by atoms with Gasteiger partial charge < -0.3 is 15.6 Å². The van der Waals surface area contributed by atoms with Crippen molar-refractivity contribution in [2.45, 2.75) is 19.4 Å². The molecule has 0 heterocycles. The Hall–Kier alpha value is -2.65. The number of hydrogen-bond acceptors (Lipinski definition) is 2. The van der Waals surface area contributed by atoms with Gasteiger partial charge in [-0.1, -0.05) is 72.8 Å². The van der Waals surface area contributed by atoms with Crippen LogP contribution in [0.15, 0.2) is 72.8 Å². The van der Waals surface area contributed by atoms with Gasteiger partial charge in [0.1, 0.15) is 6.04 Å². The third-order valence-electron chi connectivity index (χ3n) is 3.55. The van der Waals surface area contributed by atoms with Crippen LogP contribution in [-0.2, 0) is 11.2 Å². The van der Waals surface area contributed by atoms with E-state index in [9.17, 15) is 9.90 Å². The molecule has 0 aromatic heterocycles. The molecule has 0 unspecified atom stereocenters. The Labute approximate surface area is 136 Å². The number of benzene rings is 3. The molecule has 3 nitrogen and oxygen atoms in total. The second-order valence-corrected chi connectivity index (χ2v) is 5.50. The van der Waals surface area contributed by atoms with Crippen LogP contribution in [0.4, 0.5) is 0 Å². The summed E-state index contributed by atoms with van der Waals surface area (Å²) < 4.78 is 0. The van der Waals surface area contributed by atoms with Crippen molar-refractivity contribution in [1.29, 1.82) is 0 Å². The normalized spacial score (nSPS) is 11.4. The Kier molecular flexibility index (Phi) is 5.89. The summed E-state index contributed by atoms with van der Waals surface area (Å²) in [5.74, 6) is -1.04. The minimum Gasteiger partial charge on any atom is -0.550 e. The molecule has 0 aliphatic carbocycles. The van der Waals surface area contributed by atoms with E-state index in [1.807, 2.05) is 6.07 Å². The molecule has 118 valence electrons. The maximum Gasteiger partial charge on any atom is 0.108 e. The summed E-state index contributed by atoms with van der Waals surface area (Å²) in [5.41, 5.74) is 6.17. The van der Waals surface area contributed by atoms with Crippen LogP contribution in [-0.4, -0.2) is 5.97 Å². The molecule has 0 aliphatic heterocycles. The van der Waals surface area contributed by atoms with Crippen molar-refractivity contribution in [3.05, 3.63) is 83.9 Å². The summed E-state index contributed by atoms with van der Waals surface area (Å²) in [7, 11) is 0. The summed E-state index contributed by atoms with van der Waals surface area (Å²) in [6, 6.07) is 24.2. The van der Waals surface area contributed by atoms with Gasteiger partial charge in [-0.15, -0.1) is 0 Å². The zero-order valence-corrected chi connectivity index (χ0v) is 13.2. The summed E-state index contributed by atoms with van der Waals surface area (Å²) >= 11 is 0. The first-order chi connectivity index (χ1) is 11.1. The van der Waals surface area contributed by atoms with Gasteiger partial charge in [-0.2, -0.15) is 0 Å². The second kappa shape index (κ2) is 8.11. The SMILES string of the molecule is C[C@@H]([NH3+])c1cccc2ccccc12.O=C([O-])Cc1ccccc1. The van der Waals surface area contributed by atoms with Gasteiger partial charge in [0.2, 0.25) is 0 Å². The van der Waals surface area contributed by atoms with E-state index in [0.29, 0.717) is 6.04 Å². The van der Waals surface area contributed by atoms with Crippen LogP contribution < -0.4 is 10.8 Å². The van der Waals surface area contributed by atoms with Crippen LogP contribution in [0.5, 0.6) is 0 Å². The van der Waals surface area contributed by atoms with Crippen molar-refractivity contribution < 1.29 is 15.6 Å². The smallest absolute Gasteiger partial charge is 0.108 e. The van der Waals surface area contributed by atoms with Crippen molar-refractivity contribution in [1.82, 2.24) is 0 Å². The van der Waals surface area contributed by atoms with Gasteiger partial charge in [0.05, 0.1) is 0 Å². The molecule has 0 saturated carbocycles. The Morgan fingerprint density at radius 1 is 0.957 bits per heavy atom. The summed E-state index contributed by atoms with van der Waals surface area (Å²) in [6.07, 6.45) is 0.000833. The average molecular weight is 307 g/mol. The summed E-state index contributed by atoms with van der Waals surface area (Å²) in [5, 5.41) is 12.7. The van der Waals surface area contributed by atoms with E-state index in [1.165, 1.54) is 16.3 Å². The molecule has 23 heavy (non-hydrogen) atoms. The van der Waals surface area contributed by atoms with Crippen LogP contribution in [0.25, 0.3) is 10.8 Å². The first-order valence-corrected chi connectivity index (χ1v) is 7.62. The maximum absolute atomic E-state index is 10.1. The molecule has 0 saturated heterocycles. The monoisotopic (exact) mass is 307 g/mol. The number of hydrogen-bond donors (Lipinski definition) is 1. The third-order valence-corrected chi connectivity index (χ3v) is 3.55. The third kappa shape index (κ3) is 4.94. The highest BCUT2D eigenvalue weighted by Gasteiger charge is 2.05. The molecule has 0 radical (unpaired) electrons. The fourth-order valence-corrected chi connectivity index (χ4v) is 2.44. The number of carbonyl (C=O) groups is 1. The van der Waals surface area contributed by atoms with Crippen LogP contribution >= 0.6 is 0 Å². The first-order valence-electron chi connectivity index (χ1n) is 7.62. The first kappa shape index (κ1) is 16.7. The number of carboxylic acid groups (broad SMARTS) is 1. The molecule has 0 amide bonds. The lowest BCUT2D eigenvalue weighted by atomic mass is 10.0. The fraction of sp³-hybridized carbons (Fsp3) is 0.150. The van der Waals surface area contributed by atoms with E-state index in [4.69, 9.17) is 0 Å². The van der Waals surface area contributed by atoms with Crippen molar-refractivity contribution in [3.8, 4) is 0 Å². The summed E-state index contributed by atoms with van der Waals surface area (Å²) in [6.45, 7) is 2.13. The molecular weight excluding hydrogens is 286 g/mol. The largest absolute Gasteiger partial charge is 0.550 e. The maximum atomic E-state index is 10.1. The lowest BCUT2D eigenvalue weighted by Gasteiger charge is -2.06. The zero-order valence-electron chi connectivity index (χ0n) is 13.2. The number of quaternary nitrogens is 1. The molecule has 1 atom stereocenters. The van der Waals surface area contributed by atoms with Crippen molar-refractivity contribution in [3.63, 3.8) is 0 Å². The molecule has 3 rings (SSSR count). The van der Waals surface area contributed by atoms with E-state index in [-0.39, 0.29) is 6.42 Å². The van der Waals surface area contributed by atoms with Gasteiger partial charge in [-0.25, -0.2) is 0 Å². The van der Waals surface area contributed by atoms with Gasteiger partial charge in [-0.05, 0) is 23.3 Å². The molecule has 3 N–H and O–H groups in total. The van der Waals surface area contributed by atoms with E-state index in [0.717, 1.165) is 5.56 Å². The van der Waals surface area contributed by atoms with Gasteiger partial charge in [0.25, 0.3) is 0 Å². The second-order valence-electron chi connectivity index (χ2n) is 5.50. The molecule has 3 aromatic carbocycles. The van der Waals surface area contributed by atoms with E-state index in [2.05, 4.69) is 55.1 Å². The molecule has 3 aromatic rings. The zero-order chi connectivity index (χ0) is 16.7. The summed E-state index contributed by atoms with van der Waals surface area (Å²) in [4.78, 5) is 10.1. The van der Waals surface area contributed by atoms with E-state index >= 15 is 0 Å².